The van der Waals surface area contributed by atoms with Gasteiger partial charge in [-0.05, 0) is 49.2 Å². The van der Waals surface area contributed by atoms with Crippen LogP contribution in [0.25, 0.3) is 0 Å². The number of anilines is 1. The van der Waals surface area contributed by atoms with Gasteiger partial charge in [-0.25, -0.2) is 0 Å². The van der Waals surface area contributed by atoms with Gasteiger partial charge >= 0.3 is 0 Å². The summed E-state index contributed by atoms with van der Waals surface area (Å²) in [5.74, 6) is 0.0940. The van der Waals surface area contributed by atoms with E-state index >= 15 is 0 Å². The van der Waals surface area contributed by atoms with Crippen LogP contribution in [0.4, 0.5) is 5.69 Å². The van der Waals surface area contributed by atoms with Crippen LogP contribution in [0.3, 0.4) is 0 Å². The summed E-state index contributed by atoms with van der Waals surface area (Å²) in [5.41, 5.74) is 7.49. The highest BCUT2D eigenvalue weighted by atomic mass is 35.5. The zero-order valence-electron chi connectivity index (χ0n) is 12.0. The third-order valence-corrected chi connectivity index (χ3v) is 4.28. The summed E-state index contributed by atoms with van der Waals surface area (Å²) in [6.45, 7) is 3.81. The van der Waals surface area contributed by atoms with Gasteiger partial charge < -0.3 is 5.73 Å². The second kappa shape index (κ2) is 6.08. The minimum absolute atomic E-state index is 0.0940. The molecule has 0 aromatic heterocycles. The molecule has 0 atom stereocenters. The van der Waals surface area contributed by atoms with Crippen molar-refractivity contribution in [3.63, 3.8) is 0 Å². The molecule has 0 aliphatic rings. The molecule has 2 aromatic carbocycles. The number of carbonyl (C=O) groups is 1. The lowest BCUT2D eigenvalue weighted by atomic mass is 9.78. The molecule has 0 bridgehead atoms. The van der Waals surface area contributed by atoms with Gasteiger partial charge in [0, 0.05) is 27.6 Å². The van der Waals surface area contributed by atoms with Gasteiger partial charge in [0.1, 0.15) is 5.78 Å². The Morgan fingerprint density at radius 2 is 1.71 bits per heavy atom. The lowest BCUT2D eigenvalue weighted by molar-refractivity contribution is -0.122. The number of ketones is 1. The van der Waals surface area contributed by atoms with Crippen LogP contribution < -0.4 is 5.73 Å². The van der Waals surface area contributed by atoms with Crippen LogP contribution in [0.1, 0.15) is 25.0 Å². The van der Waals surface area contributed by atoms with E-state index in [1.54, 1.807) is 30.3 Å². The molecular formula is C17H17Cl2NO. The number of carbonyl (C=O) groups excluding carboxylic acids is 1. The third kappa shape index (κ3) is 3.58. The molecule has 4 heteroatoms. The van der Waals surface area contributed by atoms with Gasteiger partial charge in [-0.15, -0.1) is 0 Å². The Balaban J connectivity index is 2.24. The fourth-order valence-electron chi connectivity index (χ4n) is 2.12. The summed E-state index contributed by atoms with van der Waals surface area (Å²) in [5, 5.41) is 1.08. The number of rotatable bonds is 4. The normalized spacial score (nSPS) is 11.4. The standard InChI is InChI=1S/C17H17Cl2NO/c1-17(2,12-4-7-14(20)8-5-12)16(21)9-11-3-6-13(18)10-15(11)19/h3-8,10H,9,20H2,1-2H3. The number of hydrogen-bond acceptors (Lipinski definition) is 2. The monoisotopic (exact) mass is 321 g/mol. The molecule has 21 heavy (non-hydrogen) atoms. The van der Waals surface area contributed by atoms with Gasteiger partial charge in [-0.2, -0.15) is 0 Å². The molecule has 2 rings (SSSR count). The fraction of sp³-hybridized carbons (Fsp3) is 0.235. The predicted molar refractivity (Wildman–Crippen MR) is 89.1 cm³/mol. The summed E-state index contributed by atoms with van der Waals surface area (Å²) < 4.78 is 0. The first-order chi connectivity index (χ1) is 9.80. The van der Waals surface area contributed by atoms with Crippen LogP contribution >= 0.6 is 23.2 Å². The molecule has 0 saturated carbocycles. The van der Waals surface area contributed by atoms with Crippen LogP contribution in [0.5, 0.6) is 0 Å². The molecule has 0 saturated heterocycles. The Morgan fingerprint density at radius 1 is 1.10 bits per heavy atom. The molecule has 110 valence electrons. The minimum atomic E-state index is -0.601. The van der Waals surface area contributed by atoms with Gasteiger partial charge in [0.15, 0.2) is 0 Å². The first kappa shape index (κ1) is 15.9. The zero-order chi connectivity index (χ0) is 15.6. The number of nitrogens with two attached hydrogens (primary N) is 1. The van der Waals surface area contributed by atoms with Crippen molar-refractivity contribution in [1.82, 2.24) is 0 Å². The molecule has 0 fully saturated rings. The summed E-state index contributed by atoms with van der Waals surface area (Å²) in [6, 6.07) is 12.6. The molecule has 0 heterocycles. The Labute approximate surface area is 134 Å². The third-order valence-electron chi connectivity index (χ3n) is 3.70. The van der Waals surface area contributed by atoms with E-state index in [4.69, 9.17) is 28.9 Å². The number of benzene rings is 2. The molecule has 0 aliphatic carbocycles. The van der Waals surface area contributed by atoms with E-state index in [0.29, 0.717) is 15.7 Å². The van der Waals surface area contributed by atoms with E-state index in [0.717, 1.165) is 11.1 Å². The van der Waals surface area contributed by atoms with Crippen molar-refractivity contribution >= 4 is 34.7 Å². The largest absolute Gasteiger partial charge is 0.399 e. The highest BCUT2D eigenvalue weighted by Gasteiger charge is 2.29. The van der Waals surface area contributed by atoms with Crippen molar-refractivity contribution < 1.29 is 4.79 Å². The molecule has 0 radical (unpaired) electrons. The first-order valence-corrected chi connectivity index (χ1v) is 7.39. The lowest BCUT2D eigenvalue weighted by Gasteiger charge is -2.24. The van der Waals surface area contributed by atoms with Gasteiger partial charge in [0.05, 0.1) is 0 Å². The quantitative estimate of drug-likeness (QED) is 0.832. The van der Waals surface area contributed by atoms with E-state index in [2.05, 4.69) is 0 Å². The summed E-state index contributed by atoms with van der Waals surface area (Å²) in [6.07, 6.45) is 0.271. The summed E-state index contributed by atoms with van der Waals surface area (Å²) in [7, 11) is 0. The average Bonchev–Trinajstić information content (AvgIpc) is 2.42. The van der Waals surface area contributed by atoms with E-state index in [1.165, 1.54) is 0 Å². The van der Waals surface area contributed by atoms with Crippen LogP contribution in [0, 0.1) is 0 Å². The predicted octanol–water partition coefficient (Wildman–Crippen LogP) is 4.67. The van der Waals surface area contributed by atoms with Gasteiger partial charge in [0.25, 0.3) is 0 Å². The van der Waals surface area contributed by atoms with Gasteiger partial charge in [-0.3, -0.25) is 4.79 Å². The van der Waals surface area contributed by atoms with Crippen LogP contribution in [-0.4, -0.2) is 5.78 Å². The maximum Gasteiger partial charge on any atom is 0.147 e. The van der Waals surface area contributed by atoms with Gasteiger partial charge in [0.2, 0.25) is 0 Å². The average molecular weight is 322 g/mol. The number of halogens is 2. The number of Topliss-reactive ketones (excluding diaryl/α,β-unsaturated/α-hetero) is 1. The SMILES string of the molecule is CC(C)(C(=O)Cc1ccc(Cl)cc1Cl)c1ccc(N)cc1. The number of nitrogen functional groups attached to an aromatic ring is 1. The highest BCUT2D eigenvalue weighted by Crippen LogP contribution is 2.29. The molecule has 0 unspecified atom stereocenters. The minimum Gasteiger partial charge on any atom is -0.399 e. The summed E-state index contributed by atoms with van der Waals surface area (Å²) in [4.78, 5) is 12.6. The molecule has 0 amide bonds. The molecule has 0 aliphatic heterocycles. The lowest BCUT2D eigenvalue weighted by Crippen LogP contribution is -2.30. The van der Waals surface area contributed by atoms with E-state index in [-0.39, 0.29) is 12.2 Å². The molecule has 2 N–H and O–H groups in total. The molecule has 0 spiro atoms. The molecule has 2 aromatic rings. The van der Waals surface area contributed by atoms with Crippen molar-refractivity contribution in [2.24, 2.45) is 0 Å². The zero-order valence-corrected chi connectivity index (χ0v) is 13.5. The van der Waals surface area contributed by atoms with E-state index in [1.807, 2.05) is 26.0 Å². The van der Waals surface area contributed by atoms with E-state index in [9.17, 15) is 4.79 Å². The van der Waals surface area contributed by atoms with E-state index < -0.39 is 5.41 Å². The van der Waals surface area contributed by atoms with Crippen molar-refractivity contribution in [3.8, 4) is 0 Å². The second-order valence-corrected chi connectivity index (χ2v) is 6.43. The van der Waals surface area contributed by atoms with Gasteiger partial charge in [-0.1, -0.05) is 41.4 Å². The van der Waals surface area contributed by atoms with Crippen LogP contribution in [0.2, 0.25) is 10.0 Å². The van der Waals surface area contributed by atoms with Crippen molar-refractivity contribution in [2.45, 2.75) is 25.7 Å². The van der Waals surface area contributed by atoms with Crippen molar-refractivity contribution in [1.29, 1.82) is 0 Å². The van der Waals surface area contributed by atoms with Crippen LogP contribution in [0.15, 0.2) is 42.5 Å². The Hall–Kier alpha value is -1.51. The number of hydrogen-bond donors (Lipinski definition) is 1. The van der Waals surface area contributed by atoms with Crippen molar-refractivity contribution in [3.05, 3.63) is 63.6 Å². The van der Waals surface area contributed by atoms with Crippen molar-refractivity contribution in [2.75, 3.05) is 5.73 Å². The second-order valence-electron chi connectivity index (χ2n) is 5.58. The maximum atomic E-state index is 12.6. The Morgan fingerprint density at radius 3 is 2.29 bits per heavy atom. The molecule has 2 nitrogen and oxygen atoms in total. The Kier molecular flexibility index (Phi) is 4.60. The first-order valence-electron chi connectivity index (χ1n) is 6.64. The topological polar surface area (TPSA) is 43.1 Å². The fourth-order valence-corrected chi connectivity index (χ4v) is 2.60. The smallest absolute Gasteiger partial charge is 0.147 e. The Bertz CT molecular complexity index is 663. The van der Waals surface area contributed by atoms with Crippen LogP contribution in [-0.2, 0) is 16.6 Å². The maximum absolute atomic E-state index is 12.6. The summed E-state index contributed by atoms with van der Waals surface area (Å²) >= 11 is 12.0. The highest BCUT2D eigenvalue weighted by molar-refractivity contribution is 6.35. The molecular weight excluding hydrogens is 305 g/mol.